The third-order valence-corrected chi connectivity index (χ3v) is 3.78. The molecule has 1 unspecified atom stereocenters. The van der Waals surface area contributed by atoms with Crippen molar-refractivity contribution >= 4 is 15.9 Å². The van der Waals surface area contributed by atoms with Crippen LogP contribution in [0.15, 0.2) is 22.7 Å². The Morgan fingerprint density at radius 3 is 2.69 bits per heavy atom. The summed E-state index contributed by atoms with van der Waals surface area (Å²) in [4.78, 5) is 0. The number of rotatable bonds is 2. The van der Waals surface area contributed by atoms with Gasteiger partial charge in [-0.1, -0.05) is 42.3 Å². The molecule has 2 rings (SSSR count). The summed E-state index contributed by atoms with van der Waals surface area (Å²) in [5.74, 6) is 0.597. The third kappa shape index (κ3) is 2.86. The van der Waals surface area contributed by atoms with Crippen molar-refractivity contribution in [3.05, 3.63) is 33.8 Å². The van der Waals surface area contributed by atoms with Crippen LogP contribution in [0.4, 0.5) is 0 Å². The van der Waals surface area contributed by atoms with Gasteiger partial charge in [0.1, 0.15) is 0 Å². The lowest BCUT2D eigenvalue weighted by Gasteiger charge is -2.25. The summed E-state index contributed by atoms with van der Waals surface area (Å²) in [7, 11) is 0. The molecule has 1 atom stereocenters. The molecule has 1 aromatic carbocycles. The van der Waals surface area contributed by atoms with Crippen molar-refractivity contribution in [3.8, 4) is 0 Å². The van der Waals surface area contributed by atoms with E-state index in [1.165, 1.54) is 34.9 Å². The monoisotopic (exact) mass is 281 g/mol. The minimum absolute atomic E-state index is 0.559. The first-order valence-electron chi connectivity index (χ1n) is 6.20. The zero-order valence-electron chi connectivity index (χ0n) is 10.1. The summed E-state index contributed by atoms with van der Waals surface area (Å²) in [6.45, 7) is 5.66. The second-order valence-electron chi connectivity index (χ2n) is 4.98. The van der Waals surface area contributed by atoms with E-state index < -0.39 is 0 Å². The van der Waals surface area contributed by atoms with Crippen molar-refractivity contribution in [1.29, 1.82) is 0 Å². The van der Waals surface area contributed by atoms with E-state index in [1.807, 2.05) is 0 Å². The van der Waals surface area contributed by atoms with E-state index in [0.717, 1.165) is 6.54 Å². The van der Waals surface area contributed by atoms with Gasteiger partial charge in [-0.2, -0.15) is 0 Å². The van der Waals surface area contributed by atoms with Gasteiger partial charge in [-0.15, -0.1) is 0 Å². The van der Waals surface area contributed by atoms with Gasteiger partial charge in [-0.25, -0.2) is 0 Å². The maximum Gasteiger partial charge on any atom is 0.0320 e. The summed E-state index contributed by atoms with van der Waals surface area (Å²) in [6, 6.07) is 7.41. The number of benzene rings is 1. The first-order valence-corrected chi connectivity index (χ1v) is 7.00. The van der Waals surface area contributed by atoms with Gasteiger partial charge in [0.15, 0.2) is 0 Å². The Kier molecular flexibility index (Phi) is 4.04. The fraction of sp³-hybridized carbons (Fsp3) is 0.571. The summed E-state index contributed by atoms with van der Waals surface area (Å²) in [5, 5.41) is 3.61. The molecule has 0 bridgehead atoms. The standard InChI is InChI=1S/C14H20BrN/c1-10(2)11-7-12(9-13(15)8-11)14-5-3-4-6-16-14/h7-10,14,16H,3-6H2,1-2H3. The lowest BCUT2D eigenvalue weighted by molar-refractivity contribution is 0.412. The van der Waals surface area contributed by atoms with Crippen LogP contribution in [-0.4, -0.2) is 6.54 Å². The number of hydrogen-bond donors (Lipinski definition) is 1. The van der Waals surface area contributed by atoms with Crippen LogP contribution in [0.3, 0.4) is 0 Å². The lowest BCUT2D eigenvalue weighted by Crippen LogP contribution is -2.26. The van der Waals surface area contributed by atoms with E-state index >= 15 is 0 Å². The average Bonchev–Trinajstić information content (AvgIpc) is 2.29. The smallest absolute Gasteiger partial charge is 0.0320 e. The molecule has 2 heteroatoms. The summed E-state index contributed by atoms with van der Waals surface area (Å²) in [5.41, 5.74) is 2.87. The molecular formula is C14H20BrN. The molecule has 0 radical (unpaired) electrons. The van der Waals surface area contributed by atoms with Gasteiger partial charge in [0.2, 0.25) is 0 Å². The number of piperidine rings is 1. The average molecular weight is 282 g/mol. The molecule has 1 aliphatic heterocycles. The number of halogens is 1. The predicted molar refractivity (Wildman–Crippen MR) is 72.8 cm³/mol. The normalized spacial score (nSPS) is 21.4. The van der Waals surface area contributed by atoms with Crippen molar-refractivity contribution in [2.75, 3.05) is 6.54 Å². The van der Waals surface area contributed by atoms with Crippen molar-refractivity contribution in [3.63, 3.8) is 0 Å². The molecule has 88 valence electrons. The predicted octanol–water partition coefficient (Wildman–Crippen LogP) is 4.39. The van der Waals surface area contributed by atoms with Crippen LogP contribution in [0.1, 0.15) is 56.2 Å². The third-order valence-electron chi connectivity index (χ3n) is 3.32. The fourth-order valence-corrected chi connectivity index (χ4v) is 2.84. The van der Waals surface area contributed by atoms with Crippen LogP contribution in [-0.2, 0) is 0 Å². The summed E-state index contributed by atoms with van der Waals surface area (Å²) < 4.78 is 1.21. The Balaban J connectivity index is 2.25. The van der Waals surface area contributed by atoms with Gasteiger partial charge < -0.3 is 5.32 Å². The Labute approximate surface area is 107 Å². The quantitative estimate of drug-likeness (QED) is 0.848. The number of nitrogens with one attached hydrogen (secondary N) is 1. The van der Waals surface area contributed by atoms with Gasteiger partial charge in [0, 0.05) is 10.5 Å². The molecule has 0 amide bonds. The Morgan fingerprint density at radius 2 is 2.06 bits per heavy atom. The van der Waals surface area contributed by atoms with Crippen molar-refractivity contribution in [2.45, 2.75) is 45.1 Å². The highest BCUT2D eigenvalue weighted by Gasteiger charge is 2.16. The minimum Gasteiger partial charge on any atom is -0.310 e. The second kappa shape index (κ2) is 5.33. The first kappa shape index (κ1) is 12.1. The van der Waals surface area contributed by atoms with Crippen molar-refractivity contribution in [1.82, 2.24) is 5.32 Å². The topological polar surface area (TPSA) is 12.0 Å². The van der Waals surface area contributed by atoms with Crippen LogP contribution in [0.25, 0.3) is 0 Å². The van der Waals surface area contributed by atoms with Gasteiger partial charge in [0.25, 0.3) is 0 Å². The van der Waals surface area contributed by atoms with E-state index in [0.29, 0.717) is 12.0 Å². The molecule has 1 nitrogen and oxygen atoms in total. The molecule has 0 spiro atoms. The van der Waals surface area contributed by atoms with E-state index in [4.69, 9.17) is 0 Å². The van der Waals surface area contributed by atoms with Gasteiger partial charge in [0.05, 0.1) is 0 Å². The molecule has 16 heavy (non-hydrogen) atoms. The Hall–Kier alpha value is -0.340. The number of hydrogen-bond acceptors (Lipinski definition) is 1. The summed E-state index contributed by atoms with van der Waals surface area (Å²) in [6.07, 6.45) is 3.94. The second-order valence-corrected chi connectivity index (χ2v) is 5.89. The highest BCUT2D eigenvalue weighted by Crippen LogP contribution is 2.29. The van der Waals surface area contributed by atoms with E-state index in [-0.39, 0.29) is 0 Å². The van der Waals surface area contributed by atoms with Crippen molar-refractivity contribution in [2.24, 2.45) is 0 Å². The first-order chi connectivity index (χ1) is 7.66. The van der Waals surface area contributed by atoms with Gasteiger partial charge in [-0.05, 0) is 48.6 Å². The lowest BCUT2D eigenvalue weighted by atomic mass is 9.93. The molecule has 0 aliphatic carbocycles. The van der Waals surface area contributed by atoms with Crippen LogP contribution < -0.4 is 5.32 Å². The van der Waals surface area contributed by atoms with Crippen molar-refractivity contribution < 1.29 is 0 Å². The highest BCUT2D eigenvalue weighted by atomic mass is 79.9. The van der Waals surface area contributed by atoms with E-state index in [9.17, 15) is 0 Å². The Morgan fingerprint density at radius 1 is 1.25 bits per heavy atom. The van der Waals surface area contributed by atoms with E-state index in [1.54, 1.807) is 0 Å². The van der Waals surface area contributed by atoms with Gasteiger partial charge in [-0.3, -0.25) is 0 Å². The molecule has 1 N–H and O–H groups in total. The molecule has 1 fully saturated rings. The van der Waals surface area contributed by atoms with Crippen LogP contribution in [0, 0.1) is 0 Å². The van der Waals surface area contributed by atoms with Crippen LogP contribution in [0.5, 0.6) is 0 Å². The zero-order valence-corrected chi connectivity index (χ0v) is 11.7. The fourth-order valence-electron chi connectivity index (χ4n) is 2.31. The molecule has 1 aromatic rings. The highest BCUT2D eigenvalue weighted by molar-refractivity contribution is 9.10. The summed E-state index contributed by atoms with van der Waals surface area (Å²) >= 11 is 3.62. The molecular weight excluding hydrogens is 262 g/mol. The maximum absolute atomic E-state index is 3.62. The SMILES string of the molecule is CC(C)c1cc(Br)cc(C2CCCCN2)c1. The van der Waals surface area contributed by atoms with Gasteiger partial charge >= 0.3 is 0 Å². The molecule has 0 saturated carbocycles. The maximum atomic E-state index is 3.62. The molecule has 1 aliphatic rings. The van der Waals surface area contributed by atoms with E-state index in [2.05, 4.69) is 53.3 Å². The molecule has 1 heterocycles. The Bertz CT molecular complexity index is 354. The largest absolute Gasteiger partial charge is 0.310 e. The zero-order chi connectivity index (χ0) is 11.5. The molecule has 0 aromatic heterocycles. The van der Waals surface area contributed by atoms with Crippen LogP contribution in [0.2, 0.25) is 0 Å². The van der Waals surface area contributed by atoms with Crippen LogP contribution >= 0.6 is 15.9 Å². The molecule has 1 saturated heterocycles. The minimum atomic E-state index is 0.559.